The fourth-order valence-electron chi connectivity index (χ4n) is 5.16. The van der Waals surface area contributed by atoms with Crippen LogP contribution < -0.4 is 5.32 Å². The van der Waals surface area contributed by atoms with Crippen molar-refractivity contribution in [3.8, 4) is 22.6 Å². The average molecular weight is 452 g/mol. The van der Waals surface area contributed by atoms with Gasteiger partial charge in [0, 0.05) is 35.8 Å². The van der Waals surface area contributed by atoms with Gasteiger partial charge in [-0.2, -0.15) is 5.10 Å². The molecular formula is C27H29N7. The van der Waals surface area contributed by atoms with Crippen LogP contribution in [0.2, 0.25) is 0 Å². The maximum atomic E-state index is 5.05. The molecule has 7 heteroatoms. The van der Waals surface area contributed by atoms with E-state index in [1.54, 1.807) is 0 Å². The standard InChI is InChI=1S/C27H29N7/c1-16(2)30-20-11-18(13-28-15-20)19-12-22-25(33-34-26(22)29-14-19)27-31-23-10-6-9-21(24(23)32-27)17-7-4-3-5-8-17/h6,9-17,30H,3-5,7-8H2,1-2H3,(H,31,32)(H,29,33,34). The van der Waals surface area contributed by atoms with Crippen LogP contribution in [0.3, 0.4) is 0 Å². The van der Waals surface area contributed by atoms with Gasteiger partial charge in [-0.1, -0.05) is 31.4 Å². The van der Waals surface area contributed by atoms with E-state index in [2.05, 4.69) is 74.6 Å². The van der Waals surface area contributed by atoms with E-state index in [4.69, 9.17) is 4.98 Å². The summed E-state index contributed by atoms with van der Waals surface area (Å²) in [4.78, 5) is 17.6. The van der Waals surface area contributed by atoms with E-state index in [0.29, 0.717) is 17.6 Å². The molecule has 4 aromatic heterocycles. The fourth-order valence-corrected chi connectivity index (χ4v) is 5.16. The molecule has 4 heterocycles. The minimum absolute atomic E-state index is 0.338. The molecule has 1 aliphatic carbocycles. The molecule has 1 fully saturated rings. The van der Waals surface area contributed by atoms with Crippen LogP contribution in [0.15, 0.2) is 48.9 Å². The van der Waals surface area contributed by atoms with Crippen molar-refractivity contribution in [2.24, 2.45) is 0 Å². The molecule has 1 aliphatic rings. The predicted molar refractivity (Wildman–Crippen MR) is 137 cm³/mol. The number of nitrogens with zero attached hydrogens (tertiary/aromatic N) is 4. The highest BCUT2D eigenvalue weighted by atomic mass is 15.2. The molecule has 3 N–H and O–H groups in total. The number of benzene rings is 1. The number of nitrogens with one attached hydrogen (secondary N) is 3. The second-order valence-corrected chi connectivity index (χ2v) is 9.62. The zero-order valence-electron chi connectivity index (χ0n) is 19.6. The first-order chi connectivity index (χ1) is 16.7. The Bertz CT molecular complexity index is 1460. The van der Waals surface area contributed by atoms with Crippen molar-refractivity contribution < 1.29 is 0 Å². The van der Waals surface area contributed by atoms with Crippen molar-refractivity contribution in [3.05, 3.63) is 54.5 Å². The molecule has 1 saturated carbocycles. The fraction of sp³-hybridized carbons (Fsp3) is 0.333. The Morgan fingerprint density at radius 2 is 1.85 bits per heavy atom. The Balaban J connectivity index is 1.41. The van der Waals surface area contributed by atoms with Gasteiger partial charge in [-0.25, -0.2) is 9.97 Å². The van der Waals surface area contributed by atoms with Gasteiger partial charge in [-0.3, -0.25) is 10.1 Å². The Hall–Kier alpha value is -3.74. The van der Waals surface area contributed by atoms with Crippen LogP contribution >= 0.6 is 0 Å². The van der Waals surface area contributed by atoms with Gasteiger partial charge in [0.15, 0.2) is 11.5 Å². The summed E-state index contributed by atoms with van der Waals surface area (Å²) in [5, 5.41) is 12.0. The number of rotatable bonds is 5. The highest BCUT2D eigenvalue weighted by Crippen LogP contribution is 2.37. The minimum atomic E-state index is 0.338. The summed E-state index contributed by atoms with van der Waals surface area (Å²) < 4.78 is 0. The zero-order valence-corrected chi connectivity index (χ0v) is 19.6. The lowest BCUT2D eigenvalue weighted by Crippen LogP contribution is -2.09. The molecule has 1 aromatic carbocycles. The van der Waals surface area contributed by atoms with Crippen molar-refractivity contribution >= 4 is 27.8 Å². The molecule has 0 amide bonds. The molecule has 7 nitrogen and oxygen atoms in total. The Morgan fingerprint density at radius 1 is 1.00 bits per heavy atom. The Morgan fingerprint density at radius 3 is 2.71 bits per heavy atom. The predicted octanol–water partition coefficient (Wildman–Crippen LogP) is 6.43. The van der Waals surface area contributed by atoms with Crippen LogP contribution in [-0.4, -0.2) is 36.2 Å². The monoisotopic (exact) mass is 451 g/mol. The topological polar surface area (TPSA) is 95.2 Å². The van der Waals surface area contributed by atoms with E-state index < -0.39 is 0 Å². The molecule has 0 bridgehead atoms. The molecule has 0 radical (unpaired) electrons. The first kappa shape index (κ1) is 20.8. The number of anilines is 1. The number of aromatic amines is 2. The number of hydrogen-bond donors (Lipinski definition) is 3. The van der Waals surface area contributed by atoms with Gasteiger partial charge in [-0.05, 0) is 56.4 Å². The molecule has 34 heavy (non-hydrogen) atoms. The van der Waals surface area contributed by atoms with Crippen molar-refractivity contribution in [2.45, 2.75) is 57.9 Å². The van der Waals surface area contributed by atoms with E-state index >= 15 is 0 Å². The van der Waals surface area contributed by atoms with Crippen LogP contribution in [0.4, 0.5) is 5.69 Å². The number of hydrogen-bond acceptors (Lipinski definition) is 5. The van der Waals surface area contributed by atoms with E-state index in [1.807, 2.05) is 18.6 Å². The third-order valence-electron chi connectivity index (χ3n) is 6.76. The number of aromatic nitrogens is 6. The Labute approximate surface area is 198 Å². The SMILES string of the molecule is CC(C)Nc1cncc(-c2cnc3n[nH]c(-c4nc5c(C6CCCCC6)cccc5[nH]4)c3c2)c1. The first-order valence-electron chi connectivity index (χ1n) is 12.2. The first-order valence-corrected chi connectivity index (χ1v) is 12.2. The van der Waals surface area contributed by atoms with Gasteiger partial charge in [-0.15, -0.1) is 0 Å². The van der Waals surface area contributed by atoms with Gasteiger partial charge >= 0.3 is 0 Å². The van der Waals surface area contributed by atoms with E-state index in [1.165, 1.54) is 37.7 Å². The van der Waals surface area contributed by atoms with Crippen LogP contribution in [-0.2, 0) is 0 Å². The molecule has 5 aromatic rings. The van der Waals surface area contributed by atoms with E-state index in [-0.39, 0.29) is 0 Å². The van der Waals surface area contributed by atoms with Gasteiger partial charge in [0.05, 0.1) is 22.1 Å². The van der Waals surface area contributed by atoms with Crippen LogP contribution in [0.25, 0.3) is 44.7 Å². The number of H-pyrrole nitrogens is 2. The van der Waals surface area contributed by atoms with Crippen molar-refractivity contribution in [2.75, 3.05) is 5.32 Å². The van der Waals surface area contributed by atoms with E-state index in [9.17, 15) is 0 Å². The smallest absolute Gasteiger partial charge is 0.181 e. The summed E-state index contributed by atoms with van der Waals surface area (Å²) in [5.41, 5.74) is 8.05. The third-order valence-corrected chi connectivity index (χ3v) is 6.76. The lowest BCUT2D eigenvalue weighted by Gasteiger charge is -2.22. The molecule has 0 aliphatic heterocycles. The maximum absolute atomic E-state index is 5.05. The lowest BCUT2D eigenvalue weighted by molar-refractivity contribution is 0.445. The number of pyridine rings is 2. The van der Waals surface area contributed by atoms with Crippen LogP contribution in [0, 0.1) is 0 Å². The van der Waals surface area contributed by atoms with E-state index in [0.717, 1.165) is 44.8 Å². The van der Waals surface area contributed by atoms with Gasteiger partial charge < -0.3 is 10.3 Å². The van der Waals surface area contributed by atoms with Crippen molar-refractivity contribution in [3.63, 3.8) is 0 Å². The normalized spacial score (nSPS) is 14.9. The van der Waals surface area contributed by atoms with Gasteiger partial charge in [0.2, 0.25) is 0 Å². The highest BCUT2D eigenvalue weighted by molar-refractivity contribution is 5.94. The summed E-state index contributed by atoms with van der Waals surface area (Å²) in [6.45, 7) is 4.23. The molecular weight excluding hydrogens is 422 g/mol. The second kappa shape index (κ2) is 8.56. The molecule has 6 rings (SSSR count). The molecule has 0 saturated heterocycles. The summed E-state index contributed by atoms with van der Waals surface area (Å²) >= 11 is 0. The quantitative estimate of drug-likeness (QED) is 0.286. The molecule has 0 spiro atoms. The number of imidazole rings is 1. The second-order valence-electron chi connectivity index (χ2n) is 9.62. The van der Waals surface area contributed by atoms with Crippen molar-refractivity contribution in [1.29, 1.82) is 0 Å². The van der Waals surface area contributed by atoms with Gasteiger partial charge in [0.25, 0.3) is 0 Å². The largest absolute Gasteiger partial charge is 0.382 e. The highest BCUT2D eigenvalue weighted by Gasteiger charge is 2.21. The molecule has 0 unspecified atom stereocenters. The minimum Gasteiger partial charge on any atom is -0.382 e. The zero-order chi connectivity index (χ0) is 23.1. The van der Waals surface area contributed by atoms with Crippen LogP contribution in [0.5, 0.6) is 0 Å². The molecule has 172 valence electrons. The Kier molecular flexibility index (Phi) is 5.24. The summed E-state index contributed by atoms with van der Waals surface area (Å²) in [6.07, 6.45) is 12.0. The van der Waals surface area contributed by atoms with Crippen LogP contribution in [0.1, 0.15) is 57.4 Å². The maximum Gasteiger partial charge on any atom is 0.181 e. The number of para-hydroxylation sites is 1. The molecule has 0 atom stereocenters. The number of fused-ring (bicyclic) bond motifs is 2. The average Bonchev–Trinajstić information content (AvgIpc) is 3.48. The summed E-state index contributed by atoms with van der Waals surface area (Å²) in [6, 6.07) is 11.1. The summed E-state index contributed by atoms with van der Waals surface area (Å²) in [5.74, 6) is 1.40. The van der Waals surface area contributed by atoms with Crippen molar-refractivity contribution in [1.82, 2.24) is 30.1 Å². The van der Waals surface area contributed by atoms with Gasteiger partial charge in [0.1, 0.15) is 5.69 Å². The summed E-state index contributed by atoms with van der Waals surface area (Å²) in [7, 11) is 0. The third kappa shape index (κ3) is 3.81. The lowest BCUT2D eigenvalue weighted by atomic mass is 9.83.